The third kappa shape index (κ3) is 5.63. The smallest absolute Gasteiger partial charge is 0.309 e. The van der Waals surface area contributed by atoms with Crippen molar-refractivity contribution in [3.05, 3.63) is 29.8 Å². The Morgan fingerprint density at radius 2 is 1.69 bits per heavy atom. The number of hydrogen-bond acceptors (Lipinski definition) is 4. The first kappa shape index (κ1) is 25.1. The highest BCUT2D eigenvalue weighted by Gasteiger charge is 2.39. The van der Waals surface area contributed by atoms with Gasteiger partial charge < -0.3 is 10.0 Å². The number of rotatable bonds is 5. The molecule has 4 rings (SSSR count). The maximum Gasteiger partial charge on any atom is 0.309 e. The second kappa shape index (κ2) is 10.3. The lowest BCUT2D eigenvalue weighted by Gasteiger charge is -2.38. The number of carbonyl (C=O) groups is 4. The van der Waals surface area contributed by atoms with Gasteiger partial charge in [-0.1, -0.05) is 12.1 Å². The number of hydrogen-bond donors (Lipinski definition) is 2. The highest BCUT2D eigenvalue weighted by molar-refractivity contribution is 6.00. The molecule has 0 spiro atoms. The van der Waals surface area contributed by atoms with Crippen LogP contribution in [-0.4, -0.2) is 64.6 Å². The molecule has 3 amide bonds. The maximum atomic E-state index is 13.0. The Morgan fingerprint density at radius 1 is 1.06 bits per heavy atom. The normalized spacial score (nSPS) is 27.3. The van der Waals surface area contributed by atoms with Crippen LogP contribution in [0.3, 0.4) is 0 Å². The highest BCUT2D eigenvalue weighted by Crippen LogP contribution is 2.34. The first-order valence-electron chi connectivity index (χ1n) is 12.7. The molecule has 0 radical (unpaired) electrons. The van der Waals surface area contributed by atoms with E-state index in [2.05, 4.69) is 16.1 Å². The van der Waals surface area contributed by atoms with Gasteiger partial charge in [0.25, 0.3) is 0 Å². The summed E-state index contributed by atoms with van der Waals surface area (Å²) in [6, 6.07) is 7.93. The Hall–Kier alpha value is -3.03. The first-order chi connectivity index (χ1) is 16.7. The minimum Gasteiger partial charge on any atom is -0.481 e. The van der Waals surface area contributed by atoms with E-state index in [9.17, 15) is 24.3 Å². The molecule has 2 aliphatic heterocycles. The highest BCUT2D eigenvalue weighted by atomic mass is 16.4. The van der Waals surface area contributed by atoms with Crippen molar-refractivity contribution in [3.8, 4) is 0 Å². The summed E-state index contributed by atoms with van der Waals surface area (Å²) in [6.45, 7) is 2.84. The van der Waals surface area contributed by atoms with Gasteiger partial charge in [-0.25, -0.2) is 4.58 Å². The number of carboxylic acid groups (broad SMARTS) is 1. The zero-order valence-electron chi connectivity index (χ0n) is 20.7. The van der Waals surface area contributed by atoms with Crippen molar-refractivity contribution in [1.82, 2.24) is 10.2 Å². The SMILES string of the molecule is C/[N+](=C\C1CCC(C(=O)N2CCC(C)(C(=O)O)CC2)CC1)c1ccc(C2CCC(=O)NC2=O)cc1. The van der Waals surface area contributed by atoms with E-state index in [4.69, 9.17) is 0 Å². The molecule has 1 atom stereocenters. The van der Waals surface area contributed by atoms with E-state index in [0.29, 0.717) is 44.7 Å². The van der Waals surface area contributed by atoms with Crippen molar-refractivity contribution < 1.29 is 28.9 Å². The molecule has 2 saturated heterocycles. The number of imide groups is 1. The Balaban J connectivity index is 1.29. The molecule has 2 heterocycles. The molecule has 8 nitrogen and oxygen atoms in total. The maximum absolute atomic E-state index is 13.0. The Bertz CT molecular complexity index is 1020. The number of likely N-dealkylation sites (tertiary alicyclic amines) is 1. The van der Waals surface area contributed by atoms with E-state index < -0.39 is 11.4 Å². The van der Waals surface area contributed by atoms with E-state index in [-0.39, 0.29) is 29.6 Å². The van der Waals surface area contributed by atoms with Crippen LogP contribution < -0.4 is 5.32 Å². The van der Waals surface area contributed by atoms with E-state index in [1.165, 1.54) is 0 Å². The van der Waals surface area contributed by atoms with Gasteiger partial charge in [0.1, 0.15) is 13.3 Å². The monoisotopic (exact) mass is 482 g/mol. The van der Waals surface area contributed by atoms with Gasteiger partial charge in [-0.15, -0.1) is 0 Å². The van der Waals surface area contributed by atoms with Crippen LogP contribution in [0.5, 0.6) is 0 Å². The third-order valence-electron chi connectivity index (χ3n) is 8.19. The summed E-state index contributed by atoms with van der Waals surface area (Å²) < 4.78 is 2.11. The first-order valence-corrected chi connectivity index (χ1v) is 12.7. The van der Waals surface area contributed by atoms with Crippen LogP contribution >= 0.6 is 0 Å². The summed E-state index contributed by atoms with van der Waals surface area (Å²) in [5.74, 6) is -0.848. The minimum atomic E-state index is -0.768. The Morgan fingerprint density at radius 3 is 2.26 bits per heavy atom. The molecule has 1 saturated carbocycles. The number of amides is 3. The topological polar surface area (TPSA) is 107 Å². The zero-order valence-corrected chi connectivity index (χ0v) is 20.7. The summed E-state index contributed by atoms with van der Waals surface area (Å²) in [7, 11) is 2.02. The van der Waals surface area contributed by atoms with E-state index in [1.54, 1.807) is 6.92 Å². The van der Waals surface area contributed by atoms with Crippen molar-refractivity contribution in [1.29, 1.82) is 0 Å². The fraction of sp³-hybridized carbons (Fsp3) is 0.593. The fourth-order valence-electron chi connectivity index (χ4n) is 5.56. The molecule has 3 aliphatic rings. The zero-order chi connectivity index (χ0) is 25.2. The standard InChI is InChI=1S/C27H35N3O5/c1-27(26(34)35)13-15-30(16-14-27)25(33)20-5-3-18(4-6-20)17-29(2)21-9-7-19(8-10-21)22-11-12-23(31)28-24(22)32/h7-10,17-18,20,22H,3-6,11-16H2,1-2H3,(H-,28,31,32,34,35)/p+1/b29-17+. The summed E-state index contributed by atoms with van der Waals surface area (Å²) in [5.41, 5.74) is 1.25. The lowest BCUT2D eigenvalue weighted by atomic mass is 9.78. The molecular formula is C27H36N3O5+. The quantitative estimate of drug-likeness (QED) is 0.381. The van der Waals surface area contributed by atoms with E-state index >= 15 is 0 Å². The summed E-state index contributed by atoms with van der Waals surface area (Å²) >= 11 is 0. The summed E-state index contributed by atoms with van der Waals surface area (Å²) in [4.78, 5) is 49.8. The van der Waals surface area contributed by atoms with E-state index in [1.807, 2.05) is 36.2 Å². The molecule has 0 bridgehead atoms. The molecule has 188 valence electrons. The molecule has 8 heteroatoms. The van der Waals surface area contributed by atoms with Crippen LogP contribution in [0, 0.1) is 17.3 Å². The van der Waals surface area contributed by atoms with Gasteiger partial charge in [0.2, 0.25) is 23.4 Å². The molecule has 3 fully saturated rings. The summed E-state index contributed by atoms with van der Waals surface area (Å²) in [5, 5.41) is 11.8. The average molecular weight is 483 g/mol. The fourth-order valence-corrected chi connectivity index (χ4v) is 5.56. The lowest BCUT2D eigenvalue weighted by Crippen LogP contribution is -2.47. The number of nitrogens with one attached hydrogen (secondary N) is 1. The largest absolute Gasteiger partial charge is 0.481 e. The van der Waals surface area contributed by atoms with Gasteiger partial charge in [0.05, 0.1) is 11.3 Å². The van der Waals surface area contributed by atoms with Crippen LogP contribution in [0.15, 0.2) is 24.3 Å². The van der Waals surface area contributed by atoms with Crippen LogP contribution in [0.1, 0.15) is 69.8 Å². The van der Waals surface area contributed by atoms with Crippen molar-refractivity contribution >= 4 is 35.6 Å². The minimum absolute atomic E-state index is 0.0342. The van der Waals surface area contributed by atoms with Crippen molar-refractivity contribution in [3.63, 3.8) is 0 Å². The summed E-state index contributed by atoms with van der Waals surface area (Å²) in [6.07, 6.45) is 7.80. The molecule has 2 N–H and O–H groups in total. The molecule has 1 unspecified atom stereocenters. The van der Waals surface area contributed by atoms with Crippen molar-refractivity contribution in [2.75, 3.05) is 20.1 Å². The Kier molecular flexibility index (Phi) is 7.38. The number of carbonyl (C=O) groups excluding carboxylic acids is 3. The molecule has 1 aliphatic carbocycles. The average Bonchev–Trinajstić information content (AvgIpc) is 2.84. The Labute approximate surface area is 206 Å². The second-order valence-electron chi connectivity index (χ2n) is 10.7. The number of piperidine rings is 2. The number of aliphatic carboxylic acids is 1. The molecule has 1 aromatic carbocycles. The van der Waals surface area contributed by atoms with Crippen LogP contribution in [0.4, 0.5) is 5.69 Å². The predicted octanol–water partition coefficient (Wildman–Crippen LogP) is 3.07. The van der Waals surface area contributed by atoms with Crippen LogP contribution in [0.25, 0.3) is 0 Å². The second-order valence-corrected chi connectivity index (χ2v) is 10.7. The van der Waals surface area contributed by atoms with Gasteiger partial charge in [-0.05, 0) is 57.4 Å². The van der Waals surface area contributed by atoms with E-state index in [0.717, 1.165) is 36.9 Å². The number of nitrogens with zero attached hydrogens (tertiary/aromatic N) is 2. The van der Waals surface area contributed by atoms with Gasteiger partial charge in [0, 0.05) is 43.5 Å². The molecular weight excluding hydrogens is 446 g/mol. The van der Waals surface area contributed by atoms with Gasteiger partial charge in [0.15, 0.2) is 0 Å². The number of carboxylic acids is 1. The molecule has 35 heavy (non-hydrogen) atoms. The van der Waals surface area contributed by atoms with Crippen molar-refractivity contribution in [2.45, 2.75) is 64.2 Å². The predicted molar refractivity (Wildman–Crippen MR) is 130 cm³/mol. The van der Waals surface area contributed by atoms with Crippen molar-refractivity contribution in [2.24, 2.45) is 17.3 Å². The van der Waals surface area contributed by atoms with Gasteiger partial charge in [-0.3, -0.25) is 24.5 Å². The molecule has 1 aromatic rings. The third-order valence-corrected chi connectivity index (χ3v) is 8.19. The van der Waals surface area contributed by atoms with Gasteiger partial charge in [-0.2, -0.15) is 0 Å². The van der Waals surface area contributed by atoms with Gasteiger partial charge >= 0.3 is 5.97 Å². The van der Waals surface area contributed by atoms with Crippen LogP contribution in [-0.2, 0) is 19.2 Å². The lowest BCUT2D eigenvalue weighted by molar-refractivity contribution is -0.402. The van der Waals surface area contributed by atoms with Crippen LogP contribution in [0.2, 0.25) is 0 Å². The molecule has 0 aromatic heterocycles. The number of benzene rings is 1.